The Morgan fingerprint density at radius 1 is 1.29 bits per heavy atom. The van der Waals surface area contributed by atoms with Crippen molar-refractivity contribution in [3.05, 3.63) is 0 Å². The third-order valence-electron chi connectivity index (χ3n) is 3.17. The van der Waals surface area contributed by atoms with Crippen LogP contribution in [0.4, 0.5) is 0 Å². The Labute approximate surface area is 104 Å². The van der Waals surface area contributed by atoms with Gasteiger partial charge < -0.3 is 14.4 Å². The number of amides is 1. The molecule has 1 aliphatic heterocycles. The Hall–Kier alpha value is -0.610. The lowest BCUT2D eigenvalue weighted by Crippen LogP contribution is -2.39. The van der Waals surface area contributed by atoms with E-state index >= 15 is 0 Å². The fraction of sp³-hybridized carbons (Fsp3) is 0.923. The molecule has 100 valence electrons. The van der Waals surface area contributed by atoms with Gasteiger partial charge in [-0.05, 0) is 32.6 Å². The van der Waals surface area contributed by atoms with E-state index in [0.717, 1.165) is 19.4 Å². The summed E-state index contributed by atoms with van der Waals surface area (Å²) < 4.78 is 11.0. The first-order valence-corrected chi connectivity index (χ1v) is 6.68. The highest BCUT2D eigenvalue weighted by Crippen LogP contribution is 2.18. The van der Waals surface area contributed by atoms with Crippen molar-refractivity contribution in [3.63, 3.8) is 0 Å². The molecule has 1 aliphatic rings. The summed E-state index contributed by atoms with van der Waals surface area (Å²) in [4.78, 5) is 13.8. The monoisotopic (exact) mass is 243 g/mol. The van der Waals surface area contributed by atoms with Crippen LogP contribution in [0.1, 0.15) is 40.0 Å². The van der Waals surface area contributed by atoms with Gasteiger partial charge in [-0.2, -0.15) is 0 Å². The van der Waals surface area contributed by atoms with Crippen LogP contribution >= 0.6 is 0 Å². The zero-order chi connectivity index (χ0) is 12.7. The molecule has 0 saturated carbocycles. The summed E-state index contributed by atoms with van der Waals surface area (Å²) >= 11 is 0. The first kappa shape index (κ1) is 14.5. The van der Waals surface area contributed by atoms with Crippen molar-refractivity contribution in [3.8, 4) is 0 Å². The van der Waals surface area contributed by atoms with Gasteiger partial charge in [0.25, 0.3) is 0 Å². The van der Waals surface area contributed by atoms with Gasteiger partial charge in [-0.1, -0.05) is 6.92 Å². The summed E-state index contributed by atoms with van der Waals surface area (Å²) in [7, 11) is 0. The van der Waals surface area contributed by atoms with Crippen molar-refractivity contribution in [2.75, 3.05) is 26.3 Å². The summed E-state index contributed by atoms with van der Waals surface area (Å²) in [5.41, 5.74) is 0. The van der Waals surface area contributed by atoms with Crippen LogP contribution in [0.2, 0.25) is 0 Å². The standard InChI is InChI=1S/C13H25NO3/c1-4-16-13(17-5-2)10-14-9-8-11(3)6-7-12(14)15/h11,13H,4-10H2,1-3H3. The fourth-order valence-electron chi connectivity index (χ4n) is 2.07. The summed E-state index contributed by atoms with van der Waals surface area (Å²) in [6.45, 7) is 8.71. The minimum atomic E-state index is -0.276. The van der Waals surface area contributed by atoms with Gasteiger partial charge in [0.1, 0.15) is 0 Å². The van der Waals surface area contributed by atoms with E-state index in [-0.39, 0.29) is 12.2 Å². The highest BCUT2D eigenvalue weighted by atomic mass is 16.7. The molecule has 0 aromatic rings. The number of rotatable bonds is 6. The van der Waals surface area contributed by atoms with Crippen LogP contribution in [-0.2, 0) is 14.3 Å². The van der Waals surface area contributed by atoms with Crippen LogP contribution in [0.25, 0.3) is 0 Å². The van der Waals surface area contributed by atoms with Crippen LogP contribution in [0.3, 0.4) is 0 Å². The SMILES string of the molecule is CCOC(CN1CCC(C)CCC1=O)OCC. The predicted octanol–water partition coefficient (Wildman–Crippen LogP) is 2.03. The normalized spacial score (nSPS) is 22.0. The zero-order valence-electron chi connectivity index (χ0n) is 11.3. The van der Waals surface area contributed by atoms with Crippen LogP contribution in [0, 0.1) is 5.92 Å². The first-order valence-electron chi connectivity index (χ1n) is 6.68. The van der Waals surface area contributed by atoms with E-state index in [4.69, 9.17) is 9.47 Å². The van der Waals surface area contributed by atoms with E-state index in [1.807, 2.05) is 18.7 Å². The second-order valence-corrected chi connectivity index (χ2v) is 4.61. The number of ether oxygens (including phenoxy) is 2. The van der Waals surface area contributed by atoms with Gasteiger partial charge in [-0.25, -0.2) is 0 Å². The molecule has 0 aromatic carbocycles. The van der Waals surface area contributed by atoms with Gasteiger partial charge in [0.15, 0.2) is 6.29 Å². The molecule has 1 atom stereocenters. The maximum Gasteiger partial charge on any atom is 0.222 e. The number of nitrogens with zero attached hydrogens (tertiary/aromatic N) is 1. The third-order valence-corrected chi connectivity index (χ3v) is 3.17. The maximum atomic E-state index is 11.9. The van der Waals surface area contributed by atoms with E-state index in [1.165, 1.54) is 0 Å². The molecule has 1 fully saturated rings. The molecule has 0 bridgehead atoms. The molecule has 17 heavy (non-hydrogen) atoms. The molecule has 1 unspecified atom stereocenters. The molecule has 1 amide bonds. The number of carbonyl (C=O) groups excluding carboxylic acids is 1. The lowest BCUT2D eigenvalue weighted by atomic mass is 10.0. The van der Waals surface area contributed by atoms with Crippen molar-refractivity contribution >= 4 is 5.91 Å². The largest absolute Gasteiger partial charge is 0.351 e. The Kier molecular flexibility index (Phi) is 6.52. The predicted molar refractivity (Wildman–Crippen MR) is 66.6 cm³/mol. The van der Waals surface area contributed by atoms with E-state index in [0.29, 0.717) is 32.1 Å². The maximum absolute atomic E-state index is 11.9. The number of hydrogen-bond donors (Lipinski definition) is 0. The molecule has 0 aromatic heterocycles. The van der Waals surface area contributed by atoms with Crippen molar-refractivity contribution in [1.29, 1.82) is 0 Å². The van der Waals surface area contributed by atoms with Gasteiger partial charge in [0.2, 0.25) is 5.91 Å². The smallest absolute Gasteiger partial charge is 0.222 e. The third kappa shape index (κ3) is 5.04. The molecule has 4 nitrogen and oxygen atoms in total. The number of carbonyl (C=O) groups is 1. The molecule has 0 N–H and O–H groups in total. The van der Waals surface area contributed by atoms with Crippen LogP contribution in [-0.4, -0.2) is 43.4 Å². The summed E-state index contributed by atoms with van der Waals surface area (Å²) in [5, 5.41) is 0. The quantitative estimate of drug-likeness (QED) is 0.670. The zero-order valence-corrected chi connectivity index (χ0v) is 11.3. The molecule has 1 rings (SSSR count). The van der Waals surface area contributed by atoms with Gasteiger partial charge in [0.05, 0.1) is 6.54 Å². The fourth-order valence-corrected chi connectivity index (χ4v) is 2.07. The minimum absolute atomic E-state index is 0.235. The molecule has 0 aliphatic carbocycles. The van der Waals surface area contributed by atoms with Crippen LogP contribution < -0.4 is 0 Å². The van der Waals surface area contributed by atoms with E-state index in [1.54, 1.807) is 0 Å². The Bertz CT molecular complexity index is 227. The Morgan fingerprint density at radius 2 is 1.94 bits per heavy atom. The summed E-state index contributed by atoms with van der Waals surface area (Å²) in [5.74, 6) is 0.875. The van der Waals surface area contributed by atoms with E-state index in [9.17, 15) is 4.79 Å². The molecule has 0 spiro atoms. The number of likely N-dealkylation sites (tertiary alicyclic amines) is 1. The molecule has 0 radical (unpaired) electrons. The van der Waals surface area contributed by atoms with Gasteiger partial charge >= 0.3 is 0 Å². The lowest BCUT2D eigenvalue weighted by Gasteiger charge is -2.26. The second-order valence-electron chi connectivity index (χ2n) is 4.61. The van der Waals surface area contributed by atoms with Crippen LogP contribution in [0.15, 0.2) is 0 Å². The Morgan fingerprint density at radius 3 is 2.53 bits per heavy atom. The Balaban J connectivity index is 2.48. The van der Waals surface area contributed by atoms with Gasteiger partial charge in [-0.15, -0.1) is 0 Å². The molecular weight excluding hydrogens is 218 g/mol. The van der Waals surface area contributed by atoms with Gasteiger partial charge in [-0.3, -0.25) is 4.79 Å². The molecule has 1 heterocycles. The van der Waals surface area contributed by atoms with Crippen molar-refractivity contribution in [2.24, 2.45) is 5.92 Å². The molecular formula is C13H25NO3. The highest BCUT2D eigenvalue weighted by molar-refractivity contribution is 5.76. The van der Waals surface area contributed by atoms with Crippen molar-refractivity contribution in [1.82, 2.24) is 4.90 Å². The summed E-state index contributed by atoms with van der Waals surface area (Å²) in [6.07, 6.45) is 2.47. The lowest BCUT2D eigenvalue weighted by molar-refractivity contribution is -0.158. The average Bonchev–Trinajstić information content (AvgIpc) is 2.45. The topological polar surface area (TPSA) is 38.8 Å². The summed E-state index contributed by atoms with van der Waals surface area (Å²) in [6, 6.07) is 0. The second kappa shape index (κ2) is 7.67. The van der Waals surface area contributed by atoms with Gasteiger partial charge in [0, 0.05) is 26.2 Å². The van der Waals surface area contributed by atoms with Crippen molar-refractivity contribution in [2.45, 2.75) is 46.3 Å². The number of hydrogen-bond acceptors (Lipinski definition) is 3. The first-order chi connectivity index (χ1) is 8.17. The highest BCUT2D eigenvalue weighted by Gasteiger charge is 2.23. The van der Waals surface area contributed by atoms with E-state index in [2.05, 4.69) is 6.92 Å². The molecule has 4 heteroatoms. The average molecular weight is 243 g/mol. The van der Waals surface area contributed by atoms with Crippen molar-refractivity contribution < 1.29 is 14.3 Å². The van der Waals surface area contributed by atoms with E-state index < -0.39 is 0 Å². The minimum Gasteiger partial charge on any atom is -0.351 e. The van der Waals surface area contributed by atoms with Crippen LogP contribution in [0.5, 0.6) is 0 Å². The molecule has 1 saturated heterocycles.